The highest BCUT2D eigenvalue weighted by molar-refractivity contribution is 6.21. The molecule has 0 fully saturated rings. The molecular formula is C31H51AlO3. The number of hydrogen-bond acceptors (Lipinski definition) is 3. The number of aliphatic hydroxyl groups is 1. The minimum Gasteiger partial charge on any atom is -0.614 e. The van der Waals surface area contributed by atoms with E-state index in [1.54, 1.807) is 0 Å². The molecule has 0 aliphatic rings. The van der Waals surface area contributed by atoms with E-state index in [1.165, 1.54) is 33.4 Å². The molecule has 0 aliphatic heterocycles. The van der Waals surface area contributed by atoms with Crippen molar-refractivity contribution in [2.45, 2.75) is 119 Å². The van der Waals surface area contributed by atoms with Crippen LogP contribution in [0, 0.1) is 13.8 Å². The van der Waals surface area contributed by atoms with Crippen molar-refractivity contribution in [2.24, 2.45) is 0 Å². The molecule has 1 N–H and O–H groups in total. The molecule has 2 aromatic carbocycles. The summed E-state index contributed by atoms with van der Waals surface area (Å²) in [7, 11) is 1.00. The summed E-state index contributed by atoms with van der Waals surface area (Å²) < 4.78 is 13.3. The Kier molecular flexibility index (Phi) is 10.2. The Balaban J connectivity index is 0.00000298. The molecule has 0 saturated heterocycles. The number of rotatable bonds is 4. The van der Waals surface area contributed by atoms with Gasteiger partial charge in [0.2, 0.25) is 0 Å². The van der Waals surface area contributed by atoms with Crippen molar-refractivity contribution < 1.29 is 12.7 Å². The van der Waals surface area contributed by atoms with Crippen LogP contribution in [-0.4, -0.2) is 28.1 Å². The van der Waals surface area contributed by atoms with E-state index in [0.717, 1.165) is 18.6 Å². The fraction of sp³-hybridized carbons (Fsp3) is 0.613. The smallest absolute Gasteiger partial charge is 0.614 e. The summed E-state index contributed by atoms with van der Waals surface area (Å²) in [4.78, 5) is 0. The molecule has 0 saturated carbocycles. The zero-order chi connectivity index (χ0) is 27.6. The van der Waals surface area contributed by atoms with Gasteiger partial charge in [0.05, 0.1) is 11.5 Å². The summed E-state index contributed by atoms with van der Waals surface area (Å²) in [5.74, 6) is 2.04. The number of hydrogen-bond donors (Lipinski definition) is 1. The van der Waals surface area contributed by atoms with E-state index in [1.807, 2.05) is 0 Å². The molecule has 0 aromatic heterocycles. The van der Waals surface area contributed by atoms with Gasteiger partial charge in [-0.1, -0.05) is 118 Å². The third-order valence-electron chi connectivity index (χ3n) is 6.11. The normalized spacial score (nSPS) is 12.6. The molecular weight excluding hydrogens is 447 g/mol. The van der Waals surface area contributed by atoms with Crippen molar-refractivity contribution >= 4 is 15.9 Å². The highest BCUT2D eigenvalue weighted by Crippen LogP contribution is 2.42. The highest BCUT2D eigenvalue weighted by atomic mass is 27.2. The zero-order valence-electron chi connectivity index (χ0n) is 25.3. The molecule has 0 aliphatic carbocycles. The van der Waals surface area contributed by atoms with E-state index in [-0.39, 0.29) is 21.7 Å². The van der Waals surface area contributed by atoms with Gasteiger partial charge in [-0.25, -0.2) is 0 Å². The van der Waals surface area contributed by atoms with Gasteiger partial charge >= 0.3 is 15.9 Å². The molecule has 3 nitrogen and oxygen atoms in total. The highest BCUT2D eigenvalue weighted by Gasteiger charge is 2.30. The summed E-state index contributed by atoms with van der Waals surface area (Å²) in [6.07, 6.45) is 0. The van der Waals surface area contributed by atoms with Gasteiger partial charge in [-0.05, 0) is 57.8 Å². The lowest BCUT2D eigenvalue weighted by Crippen LogP contribution is -2.25. The van der Waals surface area contributed by atoms with Crippen LogP contribution < -0.4 is 7.58 Å². The monoisotopic (exact) mass is 498 g/mol. The quantitative estimate of drug-likeness (QED) is 0.437. The Morgan fingerprint density at radius 2 is 0.686 bits per heavy atom. The van der Waals surface area contributed by atoms with E-state index in [0.29, 0.717) is 0 Å². The summed E-state index contributed by atoms with van der Waals surface area (Å²) in [6.45, 7) is 31.5. The maximum atomic E-state index is 7.00. The average Bonchev–Trinajstić information content (AvgIpc) is 2.67. The van der Waals surface area contributed by atoms with E-state index in [9.17, 15) is 0 Å². The van der Waals surface area contributed by atoms with E-state index in [2.05, 4.69) is 121 Å². The van der Waals surface area contributed by atoms with Gasteiger partial charge in [-0.15, -0.1) is 0 Å². The minimum atomic E-state index is -1.33. The van der Waals surface area contributed by atoms with Crippen molar-refractivity contribution in [2.75, 3.05) is 7.11 Å². The van der Waals surface area contributed by atoms with Gasteiger partial charge in [0.15, 0.2) is 0 Å². The molecule has 0 amide bonds. The molecule has 0 spiro atoms. The fourth-order valence-corrected chi connectivity index (χ4v) is 5.15. The predicted molar refractivity (Wildman–Crippen MR) is 154 cm³/mol. The van der Waals surface area contributed by atoms with Crippen LogP contribution in [0.25, 0.3) is 0 Å². The van der Waals surface area contributed by atoms with Crippen LogP contribution in [-0.2, 0) is 21.7 Å². The first-order chi connectivity index (χ1) is 15.7. The minimum absolute atomic E-state index is 0.00719. The second-order valence-corrected chi connectivity index (χ2v) is 14.6. The third-order valence-corrected chi connectivity index (χ3v) is 6.92. The topological polar surface area (TPSA) is 38.7 Å². The lowest BCUT2D eigenvalue weighted by Gasteiger charge is -2.33. The molecule has 196 valence electrons. The summed E-state index contributed by atoms with van der Waals surface area (Å²) in [6, 6.07) is 9.13. The molecule has 0 unspecified atom stereocenters. The third kappa shape index (κ3) is 8.28. The molecule has 0 bridgehead atoms. The first kappa shape index (κ1) is 31.6. The largest absolute Gasteiger partial charge is 0.832 e. The van der Waals surface area contributed by atoms with Gasteiger partial charge in [-0.3, -0.25) is 0 Å². The number of benzene rings is 2. The SMILES string of the molecule is CO.Cc1cc(C(C)(C)C)c([O][AlH][O]c2c(C(C)(C)C)cc(C)cc2C(C)(C)C)c(C(C)(C)C)c1. The molecule has 2 aromatic rings. The lowest BCUT2D eigenvalue weighted by molar-refractivity contribution is 0.399. The first-order valence-corrected chi connectivity index (χ1v) is 13.9. The van der Waals surface area contributed by atoms with Crippen LogP contribution in [0.1, 0.15) is 116 Å². The van der Waals surface area contributed by atoms with Crippen LogP contribution in [0.2, 0.25) is 0 Å². The van der Waals surface area contributed by atoms with Crippen molar-refractivity contribution in [3.8, 4) is 11.5 Å². The Bertz CT molecular complexity index is 842. The zero-order valence-corrected chi connectivity index (χ0v) is 26.7. The van der Waals surface area contributed by atoms with E-state index in [4.69, 9.17) is 12.7 Å². The van der Waals surface area contributed by atoms with Crippen molar-refractivity contribution in [1.29, 1.82) is 0 Å². The number of aryl methyl sites for hydroxylation is 2. The number of aliphatic hydroxyl groups excluding tert-OH is 1. The Labute approximate surface area is 223 Å². The maximum Gasteiger partial charge on any atom is 0.832 e. The van der Waals surface area contributed by atoms with E-state index < -0.39 is 15.9 Å². The van der Waals surface area contributed by atoms with Crippen molar-refractivity contribution in [3.63, 3.8) is 0 Å². The van der Waals surface area contributed by atoms with Crippen molar-refractivity contribution in [3.05, 3.63) is 57.6 Å². The second-order valence-electron chi connectivity index (χ2n) is 13.8. The van der Waals surface area contributed by atoms with Gasteiger partial charge in [0.25, 0.3) is 0 Å². The second kappa shape index (κ2) is 11.3. The Morgan fingerprint density at radius 1 is 0.486 bits per heavy atom. The first-order valence-electron chi connectivity index (χ1n) is 12.7. The molecule has 2 rings (SSSR count). The molecule has 4 heteroatoms. The van der Waals surface area contributed by atoms with E-state index >= 15 is 0 Å². The summed E-state index contributed by atoms with van der Waals surface area (Å²) in [5.41, 5.74) is 7.59. The van der Waals surface area contributed by atoms with Crippen LogP contribution >= 0.6 is 0 Å². The Hall–Kier alpha value is -1.47. The van der Waals surface area contributed by atoms with Crippen LogP contribution in [0.3, 0.4) is 0 Å². The van der Waals surface area contributed by atoms with Gasteiger partial charge in [-0.2, -0.15) is 0 Å². The van der Waals surface area contributed by atoms with Gasteiger partial charge < -0.3 is 12.7 Å². The molecule has 0 heterocycles. The Morgan fingerprint density at radius 3 is 0.857 bits per heavy atom. The van der Waals surface area contributed by atoms with Gasteiger partial charge in [0.1, 0.15) is 0 Å². The predicted octanol–water partition coefficient (Wildman–Crippen LogP) is 7.83. The summed E-state index contributed by atoms with van der Waals surface area (Å²) in [5, 5.41) is 7.00. The standard InChI is InChI=1S/2C15H24O.CH4O.Al.H/c2*1-10-8-11(14(2,3)4)13(16)12(9-10)15(5,6)7;1-2;;/h2*8-9,16H,1-7H3;2H,1H3;;/q;;;+2;/p-2. The van der Waals surface area contributed by atoms with Crippen LogP contribution in [0.15, 0.2) is 24.3 Å². The fourth-order valence-electron chi connectivity index (χ4n) is 4.23. The molecule has 0 atom stereocenters. The molecule has 35 heavy (non-hydrogen) atoms. The molecule has 0 radical (unpaired) electrons. The van der Waals surface area contributed by atoms with Crippen molar-refractivity contribution in [1.82, 2.24) is 0 Å². The maximum absolute atomic E-state index is 7.00. The van der Waals surface area contributed by atoms with Gasteiger partial charge in [0, 0.05) is 7.11 Å². The van der Waals surface area contributed by atoms with Crippen LogP contribution in [0.4, 0.5) is 0 Å². The average molecular weight is 499 g/mol. The lowest BCUT2D eigenvalue weighted by atomic mass is 9.78. The summed E-state index contributed by atoms with van der Waals surface area (Å²) >= 11 is -1.33. The van der Waals surface area contributed by atoms with Crippen LogP contribution in [0.5, 0.6) is 11.5 Å².